The van der Waals surface area contributed by atoms with Crippen LogP contribution in [0.2, 0.25) is 5.02 Å². The van der Waals surface area contributed by atoms with E-state index >= 15 is 0 Å². The Morgan fingerprint density at radius 3 is 2.74 bits per heavy atom. The van der Waals surface area contributed by atoms with E-state index < -0.39 is 0 Å². The van der Waals surface area contributed by atoms with Gasteiger partial charge in [0, 0.05) is 30.1 Å². The van der Waals surface area contributed by atoms with E-state index in [1.807, 2.05) is 42.5 Å². The van der Waals surface area contributed by atoms with Crippen molar-refractivity contribution in [3.8, 4) is 11.4 Å². The van der Waals surface area contributed by atoms with E-state index in [2.05, 4.69) is 16.0 Å². The molecular weight excluding hydrogens is 366 g/mol. The van der Waals surface area contributed by atoms with Crippen molar-refractivity contribution in [2.75, 3.05) is 20.2 Å². The molecule has 0 unspecified atom stereocenters. The summed E-state index contributed by atoms with van der Waals surface area (Å²) in [5.41, 5.74) is 8.65. The molecule has 1 aromatic heterocycles. The van der Waals surface area contributed by atoms with Crippen LogP contribution in [0.3, 0.4) is 0 Å². The zero-order chi connectivity index (χ0) is 18.8. The highest BCUT2D eigenvalue weighted by molar-refractivity contribution is 6.31. The third kappa shape index (κ3) is 3.49. The number of nitrogens with one attached hydrogen (secondary N) is 2. The van der Waals surface area contributed by atoms with E-state index in [0.29, 0.717) is 23.2 Å². The summed E-state index contributed by atoms with van der Waals surface area (Å²) < 4.78 is 8.46. The average Bonchev–Trinajstić information content (AvgIpc) is 3.34. The summed E-state index contributed by atoms with van der Waals surface area (Å²) >= 11 is 6.20. The summed E-state index contributed by atoms with van der Waals surface area (Å²) in [6.45, 7) is 2.04. The zero-order valence-corrected chi connectivity index (χ0v) is 15.6. The lowest BCUT2D eigenvalue weighted by atomic mass is 9.99. The first-order valence-corrected chi connectivity index (χ1v) is 9.07. The fourth-order valence-corrected chi connectivity index (χ4v) is 3.48. The first-order chi connectivity index (χ1) is 13.2. The van der Waals surface area contributed by atoms with Crippen LogP contribution in [0.5, 0.6) is 5.75 Å². The van der Waals surface area contributed by atoms with Crippen LogP contribution in [0.15, 0.2) is 53.6 Å². The highest BCUT2D eigenvalue weighted by Gasteiger charge is 2.21. The minimum absolute atomic E-state index is 0.228. The van der Waals surface area contributed by atoms with Crippen LogP contribution in [0.1, 0.15) is 17.0 Å². The normalized spacial score (nSPS) is 14.6. The molecule has 1 aliphatic rings. The lowest BCUT2D eigenvalue weighted by Gasteiger charge is -2.14. The van der Waals surface area contributed by atoms with Crippen LogP contribution in [0.25, 0.3) is 5.69 Å². The molecule has 2 N–H and O–H groups in total. The largest absolute Gasteiger partial charge is 0.496 e. The summed E-state index contributed by atoms with van der Waals surface area (Å²) in [6, 6.07) is 13.2. The van der Waals surface area contributed by atoms with Gasteiger partial charge in [0.1, 0.15) is 12.1 Å². The van der Waals surface area contributed by atoms with Gasteiger partial charge < -0.3 is 4.74 Å². The van der Waals surface area contributed by atoms with Crippen molar-refractivity contribution < 1.29 is 4.74 Å². The molecule has 1 aliphatic heterocycles. The first-order valence-electron chi connectivity index (χ1n) is 8.69. The topological polar surface area (TPSA) is 73.1 Å². The van der Waals surface area contributed by atoms with Gasteiger partial charge in [-0.05, 0) is 23.3 Å². The summed E-state index contributed by atoms with van der Waals surface area (Å²) in [4.78, 5) is 12.8. The molecule has 0 amide bonds. The SMILES string of the molecule is COc1cc(-n2ncn(Cc3ccccc3Cl)c2=O)ccc1C1CNNC1. The van der Waals surface area contributed by atoms with E-state index in [-0.39, 0.29) is 5.69 Å². The second-order valence-corrected chi connectivity index (χ2v) is 6.84. The second kappa shape index (κ2) is 7.56. The molecule has 0 saturated carbocycles. The zero-order valence-electron chi connectivity index (χ0n) is 14.9. The number of nitrogens with zero attached hydrogens (tertiary/aromatic N) is 3. The number of benzene rings is 2. The van der Waals surface area contributed by atoms with E-state index in [1.165, 1.54) is 15.6 Å². The van der Waals surface area contributed by atoms with Crippen LogP contribution in [-0.2, 0) is 6.54 Å². The molecule has 27 heavy (non-hydrogen) atoms. The predicted molar refractivity (Wildman–Crippen MR) is 104 cm³/mol. The maximum atomic E-state index is 12.8. The molecule has 0 radical (unpaired) electrons. The molecule has 7 nitrogen and oxygen atoms in total. The summed E-state index contributed by atoms with van der Waals surface area (Å²) in [7, 11) is 1.64. The number of hydrazine groups is 1. The lowest BCUT2D eigenvalue weighted by Crippen LogP contribution is -2.24. The third-order valence-corrected chi connectivity index (χ3v) is 5.12. The van der Waals surface area contributed by atoms with Gasteiger partial charge in [0.2, 0.25) is 0 Å². The van der Waals surface area contributed by atoms with E-state index in [0.717, 1.165) is 30.0 Å². The van der Waals surface area contributed by atoms with Crippen LogP contribution < -0.4 is 21.3 Å². The molecule has 0 aliphatic carbocycles. The van der Waals surface area contributed by atoms with Crippen molar-refractivity contribution in [3.63, 3.8) is 0 Å². The van der Waals surface area contributed by atoms with Gasteiger partial charge in [0.15, 0.2) is 0 Å². The lowest BCUT2D eigenvalue weighted by molar-refractivity contribution is 0.406. The molecule has 0 atom stereocenters. The van der Waals surface area contributed by atoms with Crippen molar-refractivity contribution in [2.45, 2.75) is 12.5 Å². The third-order valence-electron chi connectivity index (χ3n) is 4.76. The van der Waals surface area contributed by atoms with E-state index in [9.17, 15) is 4.79 Å². The van der Waals surface area contributed by atoms with Crippen molar-refractivity contribution in [1.82, 2.24) is 25.2 Å². The Morgan fingerprint density at radius 2 is 2.00 bits per heavy atom. The van der Waals surface area contributed by atoms with Gasteiger partial charge in [-0.25, -0.2) is 4.79 Å². The average molecular weight is 386 g/mol. The second-order valence-electron chi connectivity index (χ2n) is 6.43. The van der Waals surface area contributed by atoms with Gasteiger partial charge in [-0.1, -0.05) is 35.9 Å². The van der Waals surface area contributed by atoms with Crippen LogP contribution in [0, 0.1) is 0 Å². The van der Waals surface area contributed by atoms with Gasteiger partial charge in [0.25, 0.3) is 0 Å². The Morgan fingerprint density at radius 1 is 1.22 bits per heavy atom. The summed E-state index contributed by atoms with van der Waals surface area (Å²) in [5, 5.41) is 4.89. The summed E-state index contributed by atoms with van der Waals surface area (Å²) in [6.07, 6.45) is 1.52. The molecule has 2 aromatic carbocycles. The maximum absolute atomic E-state index is 12.8. The number of aromatic nitrogens is 3. The summed E-state index contributed by atoms with van der Waals surface area (Å²) in [5.74, 6) is 1.07. The Bertz CT molecular complexity index is 1010. The van der Waals surface area contributed by atoms with E-state index in [1.54, 1.807) is 7.11 Å². The minimum atomic E-state index is -0.228. The Labute approximate surface area is 161 Å². The number of rotatable bonds is 5. The Kier molecular flexibility index (Phi) is 4.98. The number of ether oxygens (including phenoxy) is 1. The van der Waals surface area contributed by atoms with Crippen molar-refractivity contribution >= 4 is 11.6 Å². The molecule has 140 valence electrons. The van der Waals surface area contributed by atoms with Gasteiger partial charge in [-0.2, -0.15) is 9.78 Å². The number of methoxy groups -OCH3 is 1. The highest BCUT2D eigenvalue weighted by atomic mass is 35.5. The monoisotopic (exact) mass is 385 g/mol. The smallest absolute Gasteiger partial charge is 0.350 e. The van der Waals surface area contributed by atoms with Crippen LogP contribution in [-0.4, -0.2) is 34.5 Å². The fraction of sp³-hybridized carbons (Fsp3) is 0.263. The van der Waals surface area contributed by atoms with Gasteiger partial charge >= 0.3 is 5.69 Å². The number of hydrogen-bond donors (Lipinski definition) is 2. The van der Waals surface area contributed by atoms with Crippen LogP contribution >= 0.6 is 11.6 Å². The Balaban J connectivity index is 1.65. The number of halogens is 1. The van der Waals surface area contributed by atoms with E-state index in [4.69, 9.17) is 16.3 Å². The molecule has 1 saturated heterocycles. The standard InChI is InChI=1S/C19H20ClN5O2/c1-27-18-8-15(6-7-16(18)14-9-21-22-10-14)25-19(26)24(12-23-25)11-13-4-2-3-5-17(13)20/h2-8,12,14,21-22H,9-11H2,1H3. The molecule has 3 aromatic rings. The highest BCUT2D eigenvalue weighted by Crippen LogP contribution is 2.29. The molecule has 0 spiro atoms. The Hall–Kier alpha value is -2.61. The van der Waals surface area contributed by atoms with Crippen LogP contribution in [0.4, 0.5) is 0 Å². The minimum Gasteiger partial charge on any atom is -0.496 e. The van der Waals surface area contributed by atoms with Gasteiger partial charge in [-0.3, -0.25) is 15.4 Å². The fourth-order valence-electron chi connectivity index (χ4n) is 3.28. The molecule has 2 heterocycles. The first kappa shape index (κ1) is 17.8. The van der Waals surface area contributed by atoms with Crippen molar-refractivity contribution in [1.29, 1.82) is 0 Å². The predicted octanol–water partition coefficient (Wildman–Crippen LogP) is 1.94. The quantitative estimate of drug-likeness (QED) is 0.702. The molecule has 0 bridgehead atoms. The molecule has 8 heteroatoms. The van der Waals surface area contributed by atoms with Gasteiger partial charge in [0.05, 0.1) is 19.3 Å². The van der Waals surface area contributed by atoms with Gasteiger partial charge in [-0.15, -0.1) is 0 Å². The van der Waals surface area contributed by atoms with Crippen molar-refractivity contribution in [2.24, 2.45) is 0 Å². The molecular formula is C19H20ClN5O2. The maximum Gasteiger partial charge on any atom is 0.350 e. The van der Waals surface area contributed by atoms with Crippen molar-refractivity contribution in [3.05, 3.63) is 75.4 Å². The molecule has 4 rings (SSSR count). The molecule has 1 fully saturated rings. The number of hydrogen-bond acceptors (Lipinski definition) is 5.